The normalized spacial score (nSPS) is 29.0. The van der Waals surface area contributed by atoms with E-state index < -0.39 is 6.10 Å². The highest BCUT2D eigenvalue weighted by atomic mass is 16.5. The van der Waals surface area contributed by atoms with Gasteiger partial charge in [-0.15, -0.1) is 0 Å². The molecule has 0 aromatic heterocycles. The van der Waals surface area contributed by atoms with E-state index in [1.165, 1.54) is 5.56 Å². The minimum atomic E-state index is -0.501. The molecule has 3 atom stereocenters. The second-order valence-corrected chi connectivity index (χ2v) is 6.40. The van der Waals surface area contributed by atoms with Crippen molar-refractivity contribution in [3.63, 3.8) is 0 Å². The number of aliphatic hydroxyl groups is 1. The zero-order valence-electron chi connectivity index (χ0n) is 13.0. The van der Waals surface area contributed by atoms with Gasteiger partial charge in [-0.3, -0.25) is 4.79 Å². The average molecular weight is 303 g/mol. The first-order valence-electron chi connectivity index (χ1n) is 8.37. The molecule has 1 unspecified atom stereocenters. The Hall–Kier alpha value is -1.39. The summed E-state index contributed by atoms with van der Waals surface area (Å²) in [5.41, 5.74) is 1.28. The molecule has 1 aromatic carbocycles. The van der Waals surface area contributed by atoms with Gasteiger partial charge in [-0.05, 0) is 24.8 Å². The van der Waals surface area contributed by atoms with Crippen molar-refractivity contribution in [2.24, 2.45) is 0 Å². The summed E-state index contributed by atoms with van der Waals surface area (Å²) in [6.45, 7) is 1.16. The van der Waals surface area contributed by atoms with E-state index in [0.717, 1.165) is 32.1 Å². The topological polar surface area (TPSA) is 49.8 Å². The third-order valence-electron chi connectivity index (χ3n) is 4.77. The molecule has 1 saturated heterocycles. The van der Waals surface area contributed by atoms with Gasteiger partial charge in [0.1, 0.15) is 0 Å². The molecule has 2 aliphatic rings. The van der Waals surface area contributed by atoms with Crippen molar-refractivity contribution in [3.05, 3.63) is 35.9 Å². The number of rotatable bonds is 5. The monoisotopic (exact) mass is 303 g/mol. The number of hydrogen-bond donors (Lipinski definition) is 1. The summed E-state index contributed by atoms with van der Waals surface area (Å²) in [5, 5.41) is 9.71. The van der Waals surface area contributed by atoms with Gasteiger partial charge in [0.25, 0.3) is 0 Å². The number of carbonyl (C=O) groups excluding carboxylic acids is 1. The van der Waals surface area contributed by atoms with Crippen LogP contribution in [-0.2, 0) is 16.0 Å². The van der Waals surface area contributed by atoms with Crippen LogP contribution in [-0.4, -0.2) is 47.3 Å². The molecule has 1 saturated carbocycles. The van der Waals surface area contributed by atoms with Crippen molar-refractivity contribution >= 4 is 5.91 Å². The van der Waals surface area contributed by atoms with Crippen LogP contribution in [0.15, 0.2) is 30.3 Å². The fourth-order valence-electron chi connectivity index (χ4n) is 3.63. The number of amides is 1. The molecule has 1 aromatic rings. The molecule has 3 rings (SSSR count). The van der Waals surface area contributed by atoms with Gasteiger partial charge in [-0.1, -0.05) is 43.2 Å². The van der Waals surface area contributed by atoms with Gasteiger partial charge in [0.05, 0.1) is 31.3 Å². The molecule has 1 amide bonds. The summed E-state index contributed by atoms with van der Waals surface area (Å²) in [6.07, 6.45) is 5.10. The first-order chi connectivity index (χ1) is 10.7. The molecule has 4 heteroatoms. The lowest BCUT2D eigenvalue weighted by Crippen LogP contribution is -2.47. The van der Waals surface area contributed by atoms with Gasteiger partial charge < -0.3 is 14.7 Å². The quantitative estimate of drug-likeness (QED) is 0.907. The third kappa shape index (κ3) is 3.68. The Bertz CT molecular complexity index is 490. The molecule has 0 bridgehead atoms. The van der Waals surface area contributed by atoms with Crippen LogP contribution in [0.2, 0.25) is 0 Å². The number of aliphatic hydroxyl groups excluding tert-OH is 1. The molecule has 1 aliphatic carbocycles. The summed E-state index contributed by atoms with van der Waals surface area (Å²) in [5.74, 6) is 0.0797. The van der Waals surface area contributed by atoms with Crippen LogP contribution in [0.3, 0.4) is 0 Å². The molecular formula is C18H25NO3. The highest BCUT2D eigenvalue weighted by Gasteiger charge is 2.38. The molecule has 1 aliphatic heterocycles. The predicted molar refractivity (Wildman–Crippen MR) is 84.5 cm³/mol. The van der Waals surface area contributed by atoms with E-state index in [1.54, 1.807) is 0 Å². The lowest BCUT2D eigenvalue weighted by atomic mass is 9.91. The number of carbonyl (C=O) groups is 1. The first kappa shape index (κ1) is 15.5. The number of nitrogens with zero attached hydrogens (tertiary/aromatic N) is 1. The summed E-state index contributed by atoms with van der Waals surface area (Å²) in [4.78, 5) is 13.9. The van der Waals surface area contributed by atoms with E-state index in [9.17, 15) is 9.90 Å². The van der Waals surface area contributed by atoms with Crippen LogP contribution < -0.4 is 0 Å². The van der Waals surface area contributed by atoms with Crippen LogP contribution in [0.1, 0.15) is 37.7 Å². The second-order valence-electron chi connectivity index (χ2n) is 6.40. The number of β-amino-alcohol motifs (C(OH)–C–C–N with tert-alkyl or cyclic N) is 1. The predicted octanol–water partition coefficient (Wildman–Crippen LogP) is 2.15. The largest absolute Gasteiger partial charge is 0.391 e. The van der Waals surface area contributed by atoms with Gasteiger partial charge in [0.15, 0.2) is 0 Å². The second kappa shape index (κ2) is 7.25. The van der Waals surface area contributed by atoms with Crippen molar-refractivity contribution in [3.8, 4) is 0 Å². The number of ether oxygens (including phenoxy) is 1. The Balaban J connectivity index is 1.55. The number of likely N-dealkylation sites (tertiary alicyclic amines) is 1. The molecule has 1 heterocycles. The average Bonchev–Trinajstić information content (AvgIpc) is 2.87. The lowest BCUT2D eigenvalue weighted by molar-refractivity contribution is -0.134. The molecule has 1 N–H and O–H groups in total. The fourth-order valence-corrected chi connectivity index (χ4v) is 3.63. The molecule has 0 radical (unpaired) electrons. The van der Waals surface area contributed by atoms with Gasteiger partial charge >= 0.3 is 0 Å². The minimum Gasteiger partial charge on any atom is -0.391 e. The van der Waals surface area contributed by atoms with Gasteiger partial charge in [0, 0.05) is 6.54 Å². The maximum absolute atomic E-state index is 12.0. The van der Waals surface area contributed by atoms with Crippen molar-refractivity contribution < 1.29 is 14.6 Å². The maximum Gasteiger partial charge on any atom is 0.225 e. The van der Waals surface area contributed by atoms with Crippen molar-refractivity contribution in [2.45, 2.75) is 56.8 Å². The summed E-state index contributed by atoms with van der Waals surface area (Å²) in [7, 11) is 0. The first-order valence-corrected chi connectivity index (χ1v) is 8.37. The van der Waals surface area contributed by atoms with E-state index in [1.807, 2.05) is 23.1 Å². The standard InChI is InChI=1S/C18H25NO3/c20-15-12-18(21)19(13-15)16-8-4-5-9-17(16)22-11-10-14-6-2-1-3-7-14/h1-3,6-7,15-17,20H,4-5,8-13H2/t15?,16-,17-/m0/s1. The number of benzene rings is 1. The Morgan fingerprint density at radius 1 is 1.18 bits per heavy atom. The van der Waals surface area contributed by atoms with E-state index in [4.69, 9.17) is 4.74 Å². The van der Waals surface area contributed by atoms with E-state index in [0.29, 0.717) is 13.2 Å². The summed E-state index contributed by atoms with van der Waals surface area (Å²) in [6, 6.07) is 10.5. The molecular weight excluding hydrogens is 278 g/mol. The zero-order chi connectivity index (χ0) is 15.4. The van der Waals surface area contributed by atoms with Crippen molar-refractivity contribution in [2.75, 3.05) is 13.2 Å². The molecule has 2 fully saturated rings. The van der Waals surface area contributed by atoms with Gasteiger partial charge in [-0.2, -0.15) is 0 Å². The number of hydrogen-bond acceptors (Lipinski definition) is 3. The minimum absolute atomic E-state index is 0.0797. The van der Waals surface area contributed by atoms with Crippen molar-refractivity contribution in [1.29, 1.82) is 0 Å². The maximum atomic E-state index is 12.0. The lowest BCUT2D eigenvalue weighted by Gasteiger charge is -2.37. The SMILES string of the molecule is O=C1CC(O)CN1[C@H]1CCCC[C@@H]1OCCc1ccccc1. The Morgan fingerprint density at radius 3 is 2.68 bits per heavy atom. The Kier molecular flexibility index (Phi) is 5.11. The summed E-state index contributed by atoms with van der Waals surface area (Å²) >= 11 is 0. The van der Waals surface area contributed by atoms with Crippen LogP contribution in [0, 0.1) is 0 Å². The van der Waals surface area contributed by atoms with Crippen LogP contribution in [0.25, 0.3) is 0 Å². The van der Waals surface area contributed by atoms with Gasteiger partial charge in [0.2, 0.25) is 5.91 Å². The van der Waals surface area contributed by atoms with Crippen molar-refractivity contribution in [1.82, 2.24) is 4.90 Å². The molecule has 22 heavy (non-hydrogen) atoms. The van der Waals surface area contributed by atoms with Crippen LogP contribution in [0.4, 0.5) is 0 Å². The zero-order valence-corrected chi connectivity index (χ0v) is 13.0. The molecule has 4 nitrogen and oxygen atoms in total. The Labute approximate surface area is 132 Å². The third-order valence-corrected chi connectivity index (χ3v) is 4.77. The smallest absolute Gasteiger partial charge is 0.225 e. The highest BCUT2D eigenvalue weighted by Crippen LogP contribution is 2.29. The van der Waals surface area contributed by atoms with Crippen LogP contribution >= 0.6 is 0 Å². The van der Waals surface area contributed by atoms with Crippen LogP contribution in [0.5, 0.6) is 0 Å². The fraction of sp³-hybridized carbons (Fsp3) is 0.611. The van der Waals surface area contributed by atoms with E-state index in [2.05, 4.69) is 12.1 Å². The highest BCUT2D eigenvalue weighted by molar-refractivity contribution is 5.79. The Morgan fingerprint density at radius 2 is 1.95 bits per heavy atom. The molecule has 0 spiro atoms. The van der Waals surface area contributed by atoms with E-state index in [-0.39, 0.29) is 24.5 Å². The summed E-state index contributed by atoms with van der Waals surface area (Å²) < 4.78 is 6.12. The van der Waals surface area contributed by atoms with E-state index >= 15 is 0 Å². The van der Waals surface area contributed by atoms with Gasteiger partial charge in [-0.25, -0.2) is 0 Å². The molecule has 120 valence electrons.